The second-order valence-corrected chi connectivity index (χ2v) is 11.6. The molecule has 218 valence electrons. The molecule has 3 aromatic rings. The molecule has 3 fully saturated rings. The number of amides is 4. The van der Waals surface area contributed by atoms with Crippen LogP contribution in [0, 0.1) is 11.7 Å². The van der Waals surface area contributed by atoms with Crippen LogP contribution in [0.5, 0.6) is 0 Å². The fourth-order valence-electron chi connectivity index (χ4n) is 5.51. The van der Waals surface area contributed by atoms with Crippen LogP contribution in [0.25, 0.3) is 0 Å². The lowest BCUT2D eigenvalue weighted by Crippen LogP contribution is -2.48. The van der Waals surface area contributed by atoms with Crippen molar-refractivity contribution in [3.05, 3.63) is 101 Å². The van der Waals surface area contributed by atoms with Crippen LogP contribution in [0.15, 0.2) is 72.8 Å². The third-order valence-electron chi connectivity index (χ3n) is 8.30. The number of benzene rings is 3. The highest BCUT2D eigenvalue weighted by Gasteiger charge is 2.39. The van der Waals surface area contributed by atoms with Gasteiger partial charge < -0.3 is 20.9 Å². The Morgan fingerprint density at radius 1 is 0.857 bits per heavy atom. The van der Waals surface area contributed by atoms with Gasteiger partial charge in [-0.1, -0.05) is 42.5 Å². The molecule has 1 unspecified atom stereocenters. The summed E-state index contributed by atoms with van der Waals surface area (Å²) < 4.78 is 14.7. The van der Waals surface area contributed by atoms with Gasteiger partial charge in [-0.15, -0.1) is 0 Å². The van der Waals surface area contributed by atoms with Gasteiger partial charge in [-0.25, -0.2) is 9.18 Å². The summed E-state index contributed by atoms with van der Waals surface area (Å²) in [5, 5.41) is 8.42. The van der Waals surface area contributed by atoms with Crippen molar-refractivity contribution in [1.29, 1.82) is 0 Å². The van der Waals surface area contributed by atoms with Gasteiger partial charge in [0.2, 0.25) is 0 Å². The number of hydrogen-bond acceptors (Lipinski definition) is 4. The Morgan fingerprint density at radius 3 is 2.38 bits per heavy atom. The molecule has 1 saturated heterocycles. The van der Waals surface area contributed by atoms with Crippen LogP contribution in [0.4, 0.5) is 14.9 Å². The number of piperazine rings is 1. The van der Waals surface area contributed by atoms with Crippen LogP contribution in [-0.4, -0.2) is 66.4 Å². The van der Waals surface area contributed by atoms with E-state index in [2.05, 4.69) is 33.0 Å². The van der Waals surface area contributed by atoms with Gasteiger partial charge in [0.25, 0.3) is 11.8 Å². The molecule has 2 atom stereocenters. The molecule has 2 saturated carbocycles. The topological polar surface area (TPSA) is 93.8 Å². The number of urea groups is 1. The second kappa shape index (κ2) is 12.3. The molecule has 2 aliphatic carbocycles. The first-order chi connectivity index (χ1) is 20.4. The van der Waals surface area contributed by atoms with Gasteiger partial charge in [0.05, 0.1) is 5.69 Å². The van der Waals surface area contributed by atoms with Gasteiger partial charge >= 0.3 is 6.03 Å². The van der Waals surface area contributed by atoms with Crippen LogP contribution in [-0.2, 0) is 6.54 Å². The number of carbonyl (C=O) groups is 3. The first-order valence-corrected chi connectivity index (χ1v) is 14.7. The van der Waals surface area contributed by atoms with Gasteiger partial charge in [0.1, 0.15) is 5.82 Å². The average molecular weight is 570 g/mol. The van der Waals surface area contributed by atoms with E-state index in [1.165, 1.54) is 17.7 Å². The first kappa shape index (κ1) is 27.9. The van der Waals surface area contributed by atoms with Crippen molar-refractivity contribution in [2.45, 2.75) is 37.8 Å². The summed E-state index contributed by atoms with van der Waals surface area (Å²) >= 11 is 0. The van der Waals surface area contributed by atoms with Gasteiger partial charge in [0, 0.05) is 62.4 Å². The van der Waals surface area contributed by atoms with E-state index in [0.29, 0.717) is 56.7 Å². The van der Waals surface area contributed by atoms with E-state index in [4.69, 9.17) is 0 Å². The summed E-state index contributed by atoms with van der Waals surface area (Å²) in [5.41, 5.74) is 3.27. The molecule has 3 aromatic carbocycles. The second-order valence-electron chi connectivity index (χ2n) is 11.6. The third-order valence-corrected chi connectivity index (χ3v) is 8.30. The smallest absolute Gasteiger partial charge is 0.319 e. The Balaban J connectivity index is 0.969. The fourth-order valence-corrected chi connectivity index (χ4v) is 5.51. The minimum atomic E-state index is -0.637. The lowest BCUT2D eigenvalue weighted by molar-refractivity contribution is 0.0627. The molecule has 1 heterocycles. The number of nitrogens with one attached hydrogen (secondary N) is 3. The molecular formula is C33H36FN5O3. The molecule has 0 radical (unpaired) electrons. The number of nitrogens with zero attached hydrogens (tertiary/aromatic N) is 2. The number of halogens is 1. The Kier molecular flexibility index (Phi) is 8.19. The quantitative estimate of drug-likeness (QED) is 0.351. The van der Waals surface area contributed by atoms with Crippen molar-refractivity contribution in [3.8, 4) is 0 Å². The van der Waals surface area contributed by atoms with E-state index in [1.54, 1.807) is 11.0 Å². The highest BCUT2D eigenvalue weighted by molar-refractivity contribution is 5.96. The largest absolute Gasteiger partial charge is 0.349 e. The minimum absolute atomic E-state index is 0.0497. The molecule has 1 aliphatic heterocycles. The highest BCUT2D eigenvalue weighted by atomic mass is 19.1. The van der Waals surface area contributed by atoms with E-state index < -0.39 is 11.8 Å². The van der Waals surface area contributed by atoms with Gasteiger partial charge in [-0.05, 0) is 66.6 Å². The first-order valence-electron chi connectivity index (χ1n) is 14.7. The zero-order valence-electron chi connectivity index (χ0n) is 23.5. The van der Waals surface area contributed by atoms with Gasteiger partial charge in [0.15, 0.2) is 0 Å². The summed E-state index contributed by atoms with van der Waals surface area (Å²) in [6.07, 6.45) is 3.19. The van der Waals surface area contributed by atoms with Crippen LogP contribution in [0.3, 0.4) is 0 Å². The van der Waals surface area contributed by atoms with Crippen LogP contribution in [0.1, 0.15) is 57.0 Å². The molecule has 3 N–H and O–H groups in total. The number of hydrogen-bond donors (Lipinski definition) is 3. The van der Waals surface area contributed by atoms with Crippen LogP contribution >= 0.6 is 0 Å². The summed E-state index contributed by atoms with van der Waals surface area (Å²) in [5.74, 6) is -0.0128. The minimum Gasteiger partial charge on any atom is -0.349 e. The lowest BCUT2D eigenvalue weighted by Gasteiger charge is -2.35. The summed E-state index contributed by atoms with van der Waals surface area (Å²) in [6.45, 7) is 3.65. The number of anilines is 1. The summed E-state index contributed by atoms with van der Waals surface area (Å²) in [6, 6.07) is 21.9. The molecule has 6 rings (SSSR count). The van der Waals surface area contributed by atoms with E-state index in [-0.39, 0.29) is 29.1 Å². The highest BCUT2D eigenvalue weighted by Crippen LogP contribution is 2.40. The van der Waals surface area contributed by atoms with Crippen LogP contribution < -0.4 is 16.0 Å². The molecule has 0 aromatic heterocycles. The van der Waals surface area contributed by atoms with Crippen molar-refractivity contribution in [2.24, 2.45) is 5.92 Å². The Bertz CT molecular complexity index is 1450. The lowest BCUT2D eigenvalue weighted by atomic mass is 10.1. The SMILES string of the molecule is O=C(NCC1CC1)Nc1ccc(C(=O)N2CCN(Cc3cccc(C(=O)NC4C[C@H]4c4ccccc4)c3)CC2)cc1F. The average Bonchev–Trinajstić information content (AvgIpc) is 3.95. The predicted molar refractivity (Wildman–Crippen MR) is 159 cm³/mol. The standard InChI is InChI=1S/C33H36FN5O3/c34-28-18-26(11-12-29(28)37-33(42)35-20-22-9-10-22)32(41)39-15-13-38(14-16-39)21-23-5-4-8-25(17-23)31(40)36-30-19-27(30)24-6-2-1-3-7-24/h1-8,11-12,17-18,22,27,30H,9-10,13-16,19-21H2,(H,36,40)(H2,35,37,42)/t27-,30?/m0/s1. The molecule has 3 aliphatic rings. The molecular weight excluding hydrogens is 533 g/mol. The third kappa shape index (κ3) is 6.97. The molecule has 8 nitrogen and oxygen atoms in total. The van der Waals surface area contributed by atoms with E-state index in [1.807, 2.05) is 42.5 Å². The fraction of sp³-hybridized carbons (Fsp3) is 0.364. The van der Waals surface area contributed by atoms with Crippen molar-refractivity contribution in [2.75, 3.05) is 38.0 Å². The van der Waals surface area contributed by atoms with E-state index in [0.717, 1.165) is 24.8 Å². The molecule has 9 heteroatoms. The maximum absolute atomic E-state index is 14.7. The number of rotatable bonds is 9. The van der Waals surface area contributed by atoms with Crippen LogP contribution in [0.2, 0.25) is 0 Å². The Hall–Kier alpha value is -4.24. The van der Waals surface area contributed by atoms with Crippen molar-refractivity contribution < 1.29 is 18.8 Å². The zero-order valence-corrected chi connectivity index (χ0v) is 23.5. The van der Waals surface area contributed by atoms with Gasteiger partial charge in [-0.2, -0.15) is 0 Å². The zero-order chi connectivity index (χ0) is 29.1. The van der Waals surface area contributed by atoms with Gasteiger partial charge in [-0.3, -0.25) is 14.5 Å². The van der Waals surface area contributed by atoms with Crippen molar-refractivity contribution in [1.82, 2.24) is 20.4 Å². The Labute approximate surface area is 245 Å². The van der Waals surface area contributed by atoms with E-state index >= 15 is 0 Å². The van der Waals surface area contributed by atoms with Crippen molar-refractivity contribution in [3.63, 3.8) is 0 Å². The van der Waals surface area contributed by atoms with Crippen molar-refractivity contribution >= 4 is 23.5 Å². The Morgan fingerprint density at radius 2 is 1.64 bits per heavy atom. The molecule has 4 amide bonds. The van der Waals surface area contributed by atoms with E-state index in [9.17, 15) is 18.8 Å². The molecule has 42 heavy (non-hydrogen) atoms. The summed E-state index contributed by atoms with van der Waals surface area (Å²) in [7, 11) is 0. The summed E-state index contributed by atoms with van der Waals surface area (Å²) in [4.78, 5) is 41.9. The number of carbonyl (C=O) groups excluding carboxylic acids is 3. The molecule has 0 bridgehead atoms. The maximum atomic E-state index is 14.7. The normalized spacial score (nSPS) is 20.1. The molecule has 0 spiro atoms. The maximum Gasteiger partial charge on any atom is 0.319 e. The monoisotopic (exact) mass is 569 g/mol. The predicted octanol–water partition coefficient (Wildman–Crippen LogP) is 4.60.